The van der Waals surface area contributed by atoms with Crippen LogP contribution in [0.2, 0.25) is 0 Å². The highest BCUT2D eigenvalue weighted by molar-refractivity contribution is 5.79. The molecule has 0 bridgehead atoms. The maximum absolute atomic E-state index is 9.87. The van der Waals surface area contributed by atoms with Crippen LogP contribution < -0.4 is 4.90 Å². The van der Waals surface area contributed by atoms with Gasteiger partial charge in [-0.2, -0.15) is 0 Å². The lowest BCUT2D eigenvalue weighted by atomic mass is 9.79. The molecule has 0 radical (unpaired) electrons. The van der Waals surface area contributed by atoms with Crippen LogP contribution >= 0.6 is 0 Å². The molecule has 7 rings (SSSR count). The number of nitriles is 1. The lowest BCUT2D eigenvalue weighted by Gasteiger charge is -2.39. The van der Waals surface area contributed by atoms with Gasteiger partial charge in [-0.05, 0) is 90.4 Å². The van der Waals surface area contributed by atoms with Gasteiger partial charge in [0.1, 0.15) is 5.76 Å². The zero-order valence-electron chi connectivity index (χ0n) is 26.7. The fourth-order valence-corrected chi connectivity index (χ4v) is 6.95. The van der Waals surface area contributed by atoms with E-state index in [0.717, 1.165) is 40.9 Å². The fourth-order valence-electron chi connectivity index (χ4n) is 6.95. The SMILES string of the molecule is [C-]#[N+]C(C#N)=C1C=C(C=Cc2ccc(N(c3ccccc3)c3cccc4c3CCCC4)cc2)OC(c2ccccc2)(c2ccccc2)C1. The quantitative estimate of drug-likeness (QED) is 0.134. The van der Waals surface area contributed by atoms with Gasteiger partial charge in [0, 0.05) is 34.6 Å². The van der Waals surface area contributed by atoms with Crippen molar-refractivity contribution in [3.8, 4) is 6.07 Å². The molecular weight excluding hydrogens is 587 g/mol. The van der Waals surface area contributed by atoms with Gasteiger partial charge in [-0.15, -0.1) is 0 Å². The summed E-state index contributed by atoms with van der Waals surface area (Å²) < 4.78 is 6.89. The molecular formula is C44H35N3O. The third-order valence-corrected chi connectivity index (χ3v) is 9.27. The van der Waals surface area contributed by atoms with E-state index in [2.05, 4.69) is 88.6 Å². The van der Waals surface area contributed by atoms with Crippen molar-refractivity contribution in [3.05, 3.63) is 202 Å². The fraction of sp³-hybridized carbons (Fsp3) is 0.136. The topological polar surface area (TPSA) is 40.6 Å². The first kappa shape index (κ1) is 30.5. The predicted octanol–water partition coefficient (Wildman–Crippen LogP) is 11.0. The number of fused-ring (bicyclic) bond motifs is 1. The van der Waals surface area contributed by atoms with E-state index in [1.165, 1.54) is 29.7 Å². The van der Waals surface area contributed by atoms with Crippen molar-refractivity contribution in [2.75, 3.05) is 4.90 Å². The second-order valence-electron chi connectivity index (χ2n) is 12.2. The molecule has 5 aromatic carbocycles. The summed E-state index contributed by atoms with van der Waals surface area (Å²) in [6.45, 7) is 7.72. The van der Waals surface area contributed by atoms with Crippen molar-refractivity contribution in [3.63, 3.8) is 0 Å². The van der Waals surface area contributed by atoms with Crippen LogP contribution in [0.3, 0.4) is 0 Å². The number of allylic oxidation sites excluding steroid dienone is 3. The van der Waals surface area contributed by atoms with Crippen molar-refractivity contribution < 1.29 is 4.74 Å². The molecule has 5 aromatic rings. The van der Waals surface area contributed by atoms with Gasteiger partial charge in [0.15, 0.2) is 5.60 Å². The summed E-state index contributed by atoms with van der Waals surface area (Å²) in [4.78, 5) is 5.94. The van der Waals surface area contributed by atoms with Crippen LogP contribution in [-0.4, -0.2) is 0 Å². The number of para-hydroxylation sites is 1. The number of hydrogen-bond donors (Lipinski definition) is 0. The lowest BCUT2D eigenvalue weighted by Crippen LogP contribution is -2.34. The largest absolute Gasteiger partial charge is 0.478 e. The molecule has 1 aliphatic heterocycles. The third kappa shape index (κ3) is 6.05. The molecule has 0 saturated carbocycles. The van der Waals surface area contributed by atoms with Gasteiger partial charge in [0.05, 0.1) is 12.6 Å². The molecule has 0 amide bonds. The zero-order chi connectivity index (χ0) is 32.8. The minimum atomic E-state index is -0.895. The van der Waals surface area contributed by atoms with Gasteiger partial charge < -0.3 is 9.64 Å². The molecule has 0 atom stereocenters. The standard InChI is InChI=1S/C44H35N3O/c1-46-42(32-45)35-30-40(48-44(31-35,36-16-5-2-6-17-36)37-18-7-3-8-19-37)29-26-33-24-27-39(28-25-33)47(38-20-9-4-10-21-38)43-23-13-15-34-14-11-12-22-41(34)43/h2-10,13,15-21,23-30H,11-12,14,22,31H2. The van der Waals surface area contributed by atoms with E-state index < -0.39 is 5.60 Å². The Bertz CT molecular complexity index is 2030. The predicted molar refractivity (Wildman–Crippen MR) is 193 cm³/mol. The molecule has 0 spiro atoms. The first-order chi connectivity index (χ1) is 23.7. The molecule has 1 heterocycles. The lowest BCUT2D eigenvalue weighted by molar-refractivity contribution is 0.0348. The Labute approximate surface area is 283 Å². The average Bonchev–Trinajstić information content (AvgIpc) is 3.16. The van der Waals surface area contributed by atoms with E-state index in [1.807, 2.05) is 78.9 Å². The molecule has 48 heavy (non-hydrogen) atoms. The van der Waals surface area contributed by atoms with Crippen molar-refractivity contribution in [1.29, 1.82) is 5.26 Å². The summed E-state index contributed by atoms with van der Waals surface area (Å²) in [5.41, 5.74) is 9.14. The Hall–Kier alpha value is -6.10. The summed E-state index contributed by atoms with van der Waals surface area (Å²) in [6.07, 6.45) is 10.9. The smallest absolute Gasteiger partial charge is 0.265 e. The molecule has 1 aliphatic carbocycles. The Morgan fingerprint density at radius 1 is 0.729 bits per heavy atom. The van der Waals surface area contributed by atoms with Crippen LogP contribution in [0, 0.1) is 17.9 Å². The normalized spacial score (nSPS) is 16.1. The summed E-state index contributed by atoms with van der Waals surface area (Å²) in [7, 11) is 0. The minimum Gasteiger partial charge on any atom is -0.478 e. The minimum absolute atomic E-state index is 0.0777. The van der Waals surface area contributed by atoms with Crippen LogP contribution in [0.25, 0.3) is 10.9 Å². The van der Waals surface area contributed by atoms with E-state index in [-0.39, 0.29) is 5.70 Å². The number of ether oxygens (including phenoxy) is 1. The van der Waals surface area contributed by atoms with Crippen LogP contribution in [0.1, 0.15) is 47.1 Å². The third-order valence-electron chi connectivity index (χ3n) is 9.27. The first-order valence-electron chi connectivity index (χ1n) is 16.4. The average molecular weight is 622 g/mol. The molecule has 0 unspecified atom stereocenters. The summed E-state index contributed by atoms with van der Waals surface area (Å²) in [5, 5.41) is 9.87. The van der Waals surface area contributed by atoms with Gasteiger partial charge in [-0.3, -0.25) is 0 Å². The van der Waals surface area contributed by atoms with Gasteiger partial charge in [0.25, 0.3) is 5.70 Å². The summed E-state index contributed by atoms with van der Waals surface area (Å²) in [5.74, 6) is 0.589. The van der Waals surface area contributed by atoms with Crippen LogP contribution in [0.15, 0.2) is 163 Å². The summed E-state index contributed by atoms with van der Waals surface area (Å²) in [6, 6.07) is 48.1. The number of hydrogen-bond acceptors (Lipinski definition) is 3. The Morgan fingerprint density at radius 3 is 2.00 bits per heavy atom. The highest BCUT2D eigenvalue weighted by Gasteiger charge is 2.40. The maximum atomic E-state index is 9.87. The highest BCUT2D eigenvalue weighted by Crippen LogP contribution is 2.46. The van der Waals surface area contributed by atoms with Gasteiger partial charge in [-0.1, -0.05) is 109 Å². The molecule has 4 heteroatoms. The second-order valence-corrected chi connectivity index (χ2v) is 12.2. The second kappa shape index (κ2) is 13.7. The van der Waals surface area contributed by atoms with Crippen LogP contribution in [0.4, 0.5) is 17.1 Å². The van der Waals surface area contributed by atoms with Gasteiger partial charge >= 0.3 is 0 Å². The number of aryl methyl sites for hydroxylation is 1. The first-order valence-corrected chi connectivity index (χ1v) is 16.4. The van der Waals surface area contributed by atoms with Crippen LogP contribution in [-0.2, 0) is 23.2 Å². The molecule has 232 valence electrons. The van der Waals surface area contributed by atoms with Crippen molar-refractivity contribution in [2.24, 2.45) is 0 Å². The number of rotatable bonds is 7. The molecule has 4 nitrogen and oxygen atoms in total. The number of anilines is 3. The Kier molecular flexibility index (Phi) is 8.73. The van der Waals surface area contributed by atoms with Gasteiger partial charge in [0.2, 0.25) is 0 Å². The van der Waals surface area contributed by atoms with E-state index in [9.17, 15) is 5.26 Å². The molecule has 0 fully saturated rings. The van der Waals surface area contributed by atoms with Crippen LogP contribution in [0.5, 0.6) is 0 Å². The summed E-state index contributed by atoms with van der Waals surface area (Å²) >= 11 is 0. The molecule has 2 aliphatic rings. The Balaban J connectivity index is 1.25. The van der Waals surface area contributed by atoms with E-state index in [0.29, 0.717) is 17.8 Å². The van der Waals surface area contributed by atoms with E-state index >= 15 is 0 Å². The van der Waals surface area contributed by atoms with Crippen molar-refractivity contribution in [1.82, 2.24) is 0 Å². The monoisotopic (exact) mass is 621 g/mol. The molecule has 0 N–H and O–H groups in total. The van der Waals surface area contributed by atoms with E-state index in [1.54, 1.807) is 0 Å². The maximum Gasteiger partial charge on any atom is 0.265 e. The van der Waals surface area contributed by atoms with Crippen molar-refractivity contribution >= 4 is 23.1 Å². The van der Waals surface area contributed by atoms with Crippen molar-refractivity contribution in [2.45, 2.75) is 37.7 Å². The molecule has 0 saturated heterocycles. The highest BCUT2D eigenvalue weighted by atomic mass is 16.5. The zero-order valence-corrected chi connectivity index (χ0v) is 26.7. The molecule has 0 aromatic heterocycles. The number of nitrogens with zero attached hydrogens (tertiary/aromatic N) is 3. The van der Waals surface area contributed by atoms with Gasteiger partial charge in [-0.25, -0.2) is 10.1 Å². The Morgan fingerprint density at radius 2 is 1.35 bits per heavy atom. The number of benzene rings is 5. The van der Waals surface area contributed by atoms with E-state index in [4.69, 9.17) is 11.3 Å².